The van der Waals surface area contributed by atoms with Gasteiger partial charge in [0.05, 0.1) is 26.4 Å². The minimum absolute atomic E-state index is 0.00752. The van der Waals surface area contributed by atoms with Crippen LogP contribution in [0.4, 0.5) is 0 Å². The summed E-state index contributed by atoms with van der Waals surface area (Å²) < 4.78 is 10.8. The molecule has 0 spiro atoms. The van der Waals surface area contributed by atoms with Gasteiger partial charge in [0.1, 0.15) is 5.75 Å². The summed E-state index contributed by atoms with van der Waals surface area (Å²) in [5, 5.41) is 2.66. The molecular formula is C17H24N2O4. The van der Waals surface area contributed by atoms with E-state index in [1.165, 1.54) is 0 Å². The standard InChI is InChI=1S/C17H24N2O4/c1-2-3-10-23-15-6-4-14(5-7-15)17(21)18-13-16(20)19-8-11-22-12-9-19/h4-7H,2-3,8-13H2,1H3,(H,18,21). The van der Waals surface area contributed by atoms with Crippen LogP contribution >= 0.6 is 0 Å². The second kappa shape index (κ2) is 9.15. The molecule has 0 atom stereocenters. The van der Waals surface area contributed by atoms with Gasteiger partial charge in [-0.1, -0.05) is 13.3 Å². The van der Waals surface area contributed by atoms with Crippen LogP contribution in [0.1, 0.15) is 30.1 Å². The summed E-state index contributed by atoms with van der Waals surface area (Å²) >= 11 is 0. The van der Waals surface area contributed by atoms with Crippen LogP contribution in [-0.4, -0.2) is 56.2 Å². The molecule has 6 heteroatoms. The summed E-state index contributed by atoms with van der Waals surface area (Å²) in [6.07, 6.45) is 2.09. The van der Waals surface area contributed by atoms with Gasteiger partial charge in [-0.2, -0.15) is 0 Å². The molecule has 1 heterocycles. The summed E-state index contributed by atoms with van der Waals surface area (Å²) in [5.74, 6) is 0.410. The van der Waals surface area contributed by atoms with Crippen LogP contribution in [0.25, 0.3) is 0 Å². The lowest BCUT2D eigenvalue weighted by Gasteiger charge is -2.26. The molecule has 1 fully saturated rings. The second-order valence-electron chi connectivity index (χ2n) is 5.40. The average molecular weight is 320 g/mol. The molecule has 0 aliphatic carbocycles. The van der Waals surface area contributed by atoms with Crippen molar-refractivity contribution in [1.82, 2.24) is 10.2 Å². The fourth-order valence-corrected chi connectivity index (χ4v) is 2.22. The first-order valence-electron chi connectivity index (χ1n) is 8.07. The third-order valence-corrected chi connectivity index (χ3v) is 3.65. The highest BCUT2D eigenvalue weighted by molar-refractivity contribution is 5.96. The Bertz CT molecular complexity index is 510. The molecule has 0 unspecified atom stereocenters. The van der Waals surface area contributed by atoms with Crippen molar-refractivity contribution in [2.24, 2.45) is 0 Å². The van der Waals surface area contributed by atoms with Crippen LogP contribution in [0.2, 0.25) is 0 Å². The predicted octanol–water partition coefficient (Wildman–Crippen LogP) is 1.45. The SMILES string of the molecule is CCCCOc1ccc(C(=O)NCC(=O)N2CCOCC2)cc1. The summed E-state index contributed by atoms with van der Waals surface area (Å²) in [7, 11) is 0. The van der Waals surface area contributed by atoms with Crippen molar-refractivity contribution in [3.8, 4) is 5.75 Å². The van der Waals surface area contributed by atoms with Crippen LogP contribution in [0.15, 0.2) is 24.3 Å². The fourth-order valence-electron chi connectivity index (χ4n) is 2.22. The normalized spacial score (nSPS) is 14.4. The largest absolute Gasteiger partial charge is 0.494 e. The maximum Gasteiger partial charge on any atom is 0.251 e. The highest BCUT2D eigenvalue weighted by Gasteiger charge is 2.17. The number of carbonyl (C=O) groups is 2. The molecule has 1 aromatic carbocycles. The number of benzene rings is 1. The smallest absolute Gasteiger partial charge is 0.251 e. The van der Waals surface area contributed by atoms with Gasteiger partial charge < -0.3 is 19.7 Å². The molecular weight excluding hydrogens is 296 g/mol. The molecule has 2 amide bonds. The number of carbonyl (C=O) groups excluding carboxylic acids is 2. The van der Waals surface area contributed by atoms with E-state index >= 15 is 0 Å². The Labute approximate surface area is 136 Å². The lowest BCUT2D eigenvalue weighted by molar-refractivity contribution is -0.134. The van der Waals surface area contributed by atoms with Gasteiger partial charge in [-0.3, -0.25) is 9.59 Å². The first-order chi connectivity index (χ1) is 11.2. The number of hydrogen-bond donors (Lipinski definition) is 1. The molecule has 0 saturated carbocycles. The minimum Gasteiger partial charge on any atom is -0.494 e. The van der Waals surface area contributed by atoms with Crippen molar-refractivity contribution in [3.05, 3.63) is 29.8 Å². The van der Waals surface area contributed by atoms with Gasteiger partial charge in [0.2, 0.25) is 5.91 Å². The Balaban J connectivity index is 1.77. The van der Waals surface area contributed by atoms with Crippen LogP contribution < -0.4 is 10.1 Å². The van der Waals surface area contributed by atoms with E-state index in [-0.39, 0.29) is 18.4 Å². The van der Waals surface area contributed by atoms with Crippen LogP contribution in [0, 0.1) is 0 Å². The van der Waals surface area contributed by atoms with E-state index in [9.17, 15) is 9.59 Å². The number of nitrogens with one attached hydrogen (secondary N) is 1. The monoisotopic (exact) mass is 320 g/mol. The lowest BCUT2D eigenvalue weighted by atomic mass is 10.2. The molecule has 1 saturated heterocycles. The van der Waals surface area contributed by atoms with E-state index in [1.54, 1.807) is 29.2 Å². The number of hydrogen-bond acceptors (Lipinski definition) is 4. The van der Waals surface area contributed by atoms with Crippen molar-refractivity contribution in [3.63, 3.8) is 0 Å². The van der Waals surface area contributed by atoms with E-state index in [2.05, 4.69) is 12.2 Å². The van der Waals surface area contributed by atoms with Crippen LogP contribution in [0.3, 0.4) is 0 Å². The lowest BCUT2D eigenvalue weighted by Crippen LogP contribution is -2.45. The van der Waals surface area contributed by atoms with Crippen molar-refractivity contribution in [2.75, 3.05) is 39.5 Å². The zero-order valence-corrected chi connectivity index (χ0v) is 13.5. The number of nitrogens with zero attached hydrogens (tertiary/aromatic N) is 1. The third-order valence-electron chi connectivity index (χ3n) is 3.65. The summed E-state index contributed by atoms with van der Waals surface area (Å²) in [6, 6.07) is 6.95. The molecule has 0 radical (unpaired) electrons. The molecule has 126 valence electrons. The van der Waals surface area contributed by atoms with Gasteiger partial charge in [-0.05, 0) is 30.7 Å². The van der Waals surface area contributed by atoms with Gasteiger partial charge in [-0.25, -0.2) is 0 Å². The number of morpholine rings is 1. The van der Waals surface area contributed by atoms with Crippen LogP contribution in [0.5, 0.6) is 5.75 Å². The van der Waals surface area contributed by atoms with Crippen LogP contribution in [-0.2, 0) is 9.53 Å². The van der Waals surface area contributed by atoms with Crippen molar-refractivity contribution in [2.45, 2.75) is 19.8 Å². The van der Waals surface area contributed by atoms with E-state index < -0.39 is 0 Å². The van der Waals surface area contributed by atoms with Crippen molar-refractivity contribution >= 4 is 11.8 Å². The first-order valence-corrected chi connectivity index (χ1v) is 8.07. The van der Waals surface area contributed by atoms with Gasteiger partial charge >= 0.3 is 0 Å². The molecule has 0 aromatic heterocycles. The number of rotatable bonds is 7. The molecule has 1 aliphatic rings. The Kier molecular flexibility index (Phi) is 6.87. The zero-order valence-electron chi connectivity index (χ0n) is 13.5. The zero-order chi connectivity index (χ0) is 16.5. The fraction of sp³-hybridized carbons (Fsp3) is 0.529. The van der Waals surface area contributed by atoms with E-state index in [1.807, 2.05) is 0 Å². The Morgan fingerprint density at radius 1 is 1.22 bits per heavy atom. The number of amides is 2. The second-order valence-corrected chi connectivity index (χ2v) is 5.40. The minimum atomic E-state index is -0.258. The molecule has 6 nitrogen and oxygen atoms in total. The average Bonchev–Trinajstić information content (AvgIpc) is 2.61. The van der Waals surface area contributed by atoms with E-state index in [0.717, 1.165) is 18.6 Å². The topological polar surface area (TPSA) is 67.9 Å². The van der Waals surface area contributed by atoms with Gasteiger partial charge in [0, 0.05) is 18.7 Å². The van der Waals surface area contributed by atoms with Crippen molar-refractivity contribution in [1.29, 1.82) is 0 Å². The number of ether oxygens (including phenoxy) is 2. The highest BCUT2D eigenvalue weighted by atomic mass is 16.5. The molecule has 23 heavy (non-hydrogen) atoms. The molecule has 0 bridgehead atoms. The highest BCUT2D eigenvalue weighted by Crippen LogP contribution is 2.12. The Morgan fingerprint density at radius 3 is 2.57 bits per heavy atom. The molecule has 1 aromatic rings. The third kappa shape index (κ3) is 5.56. The Hall–Kier alpha value is -2.08. The van der Waals surface area contributed by atoms with Crippen molar-refractivity contribution < 1.29 is 19.1 Å². The van der Waals surface area contributed by atoms with Gasteiger partial charge in [0.25, 0.3) is 5.91 Å². The maximum atomic E-state index is 12.1. The molecule has 1 N–H and O–H groups in total. The predicted molar refractivity (Wildman–Crippen MR) is 86.6 cm³/mol. The van der Waals surface area contributed by atoms with E-state index in [4.69, 9.17) is 9.47 Å². The Morgan fingerprint density at radius 2 is 1.91 bits per heavy atom. The van der Waals surface area contributed by atoms with E-state index in [0.29, 0.717) is 38.5 Å². The summed E-state index contributed by atoms with van der Waals surface area (Å²) in [6.45, 7) is 5.06. The molecule has 1 aliphatic heterocycles. The summed E-state index contributed by atoms with van der Waals surface area (Å²) in [5.41, 5.74) is 0.516. The first kappa shape index (κ1) is 17.3. The maximum absolute atomic E-state index is 12.1. The van der Waals surface area contributed by atoms with Gasteiger partial charge in [0.15, 0.2) is 0 Å². The van der Waals surface area contributed by atoms with Gasteiger partial charge in [-0.15, -0.1) is 0 Å². The summed E-state index contributed by atoms with van der Waals surface area (Å²) in [4.78, 5) is 25.7. The molecule has 2 rings (SSSR count). The quantitative estimate of drug-likeness (QED) is 0.772. The number of unbranched alkanes of at least 4 members (excludes halogenated alkanes) is 1.